The third-order valence-corrected chi connectivity index (χ3v) is 6.07. The standard InChI is InChI=1S/C24H24N8O2S/c1-16(2)17-8-10-20(11-9-17)34-14-21-29-30-24(31(21)26)35-15-22(33)28-23-18(12-25)13-27-32(23)19-6-4-3-5-7-19/h3-11,13,16H,14-15,26H2,1-2H3,(H,28,33). The van der Waals surface area contributed by atoms with Crippen LogP contribution < -0.4 is 15.9 Å². The van der Waals surface area contributed by atoms with Gasteiger partial charge in [0, 0.05) is 0 Å². The van der Waals surface area contributed by atoms with Gasteiger partial charge in [0.25, 0.3) is 0 Å². The number of nitrogens with one attached hydrogen (secondary N) is 1. The lowest BCUT2D eigenvalue weighted by Crippen LogP contribution is -2.19. The molecule has 0 aliphatic heterocycles. The number of thioether (sulfide) groups is 1. The summed E-state index contributed by atoms with van der Waals surface area (Å²) in [6.45, 7) is 4.40. The van der Waals surface area contributed by atoms with Gasteiger partial charge in [-0.2, -0.15) is 10.4 Å². The van der Waals surface area contributed by atoms with E-state index in [9.17, 15) is 10.1 Å². The fraction of sp³-hybridized carbons (Fsp3) is 0.208. The molecule has 0 radical (unpaired) electrons. The molecule has 178 valence electrons. The predicted octanol–water partition coefficient (Wildman–Crippen LogP) is 3.48. The second kappa shape index (κ2) is 10.8. The van der Waals surface area contributed by atoms with Crippen LogP contribution in [0.3, 0.4) is 0 Å². The monoisotopic (exact) mass is 488 g/mol. The Bertz CT molecular complexity index is 1340. The van der Waals surface area contributed by atoms with Crippen molar-refractivity contribution in [2.45, 2.75) is 31.5 Å². The molecule has 0 unspecified atom stereocenters. The lowest BCUT2D eigenvalue weighted by Gasteiger charge is -2.10. The number of hydrogen-bond acceptors (Lipinski definition) is 8. The molecule has 0 saturated heterocycles. The van der Waals surface area contributed by atoms with Crippen molar-refractivity contribution in [1.29, 1.82) is 5.26 Å². The van der Waals surface area contributed by atoms with Gasteiger partial charge in [-0.3, -0.25) is 4.79 Å². The highest BCUT2D eigenvalue weighted by atomic mass is 32.2. The fourth-order valence-electron chi connectivity index (χ4n) is 3.21. The van der Waals surface area contributed by atoms with E-state index in [1.54, 1.807) is 0 Å². The first-order valence-corrected chi connectivity index (χ1v) is 11.8. The Labute approximate surface area is 206 Å². The summed E-state index contributed by atoms with van der Waals surface area (Å²) < 4.78 is 8.58. The van der Waals surface area contributed by atoms with E-state index in [2.05, 4.69) is 34.5 Å². The molecule has 2 heterocycles. The number of nitrogen functional groups attached to an aromatic ring is 1. The molecule has 11 heteroatoms. The molecule has 0 aliphatic carbocycles. The Balaban J connectivity index is 1.36. The third-order valence-electron chi connectivity index (χ3n) is 5.13. The zero-order chi connectivity index (χ0) is 24.8. The van der Waals surface area contributed by atoms with Crippen molar-refractivity contribution in [2.75, 3.05) is 16.9 Å². The number of carbonyl (C=O) groups excluding carboxylic acids is 1. The van der Waals surface area contributed by atoms with Crippen LogP contribution in [-0.4, -0.2) is 36.3 Å². The van der Waals surface area contributed by atoms with Crippen molar-refractivity contribution < 1.29 is 9.53 Å². The quantitative estimate of drug-likeness (QED) is 0.270. The van der Waals surface area contributed by atoms with Crippen LogP contribution in [0.25, 0.3) is 5.69 Å². The molecule has 4 aromatic rings. The second-order valence-corrected chi connectivity index (χ2v) is 8.83. The number of nitrogens with zero attached hydrogens (tertiary/aromatic N) is 6. The molecule has 1 amide bonds. The van der Waals surface area contributed by atoms with E-state index >= 15 is 0 Å². The van der Waals surface area contributed by atoms with E-state index in [0.29, 0.717) is 28.5 Å². The van der Waals surface area contributed by atoms with Crippen LogP contribution in [0.5, 0.6) is 5.75 Å². The first-order chi connectivity index (χ1) is 17.0. The second-order valence-electron chi connectivity index (χ2n) is 7.88. The highest BCUT2D eigenvalue weighted by Crippen LogP contribution is 2.22. The maximum Gasteiger partial charge on any atom is 0.236 e. The molecule has 3 N–H and O–H groups in total. The number of benzene rings is 2. The molecule has 0 fully saturated rings. The van der Waals surface area contributed by atoms with Crippen molar-refractivity contribution in [3.05, 3.63) is 77.7 Å². The Morgan fingerprint density at radius 1 is 1.17 bits per heavy atom. The molecule has 2 aromatic carbocycles. The molecule has 2 aromatic heterocycles. The molecule has 4 rings (SSSR count). The first-order valence-electron chi connectivity index (χ1n) is 10.8. The summed E-state index contributed by atoms with van der Waals surface area (Å²) in [7, 11) is 0. The van der Waals surface area contributed by atoms with E-state index < -0.39 is 0 Å². The van der Waals surface area contributed by atoms with Gasteiger partial charge in [0.15, 0.2) is 11.6 Å². The normalized spacial score (nSPS) is 10.8. The number of amides is 1. The summed E-state index contributed by atoms with van der Waals surface area (Å²) in [5, 5.41) is 24.9. The van der Waals surface area contributed by atoms with Crippen LogP contribution in [0.15, 0.2) is 66.0 Å². The Morgan fingerprint density at radius 3 is 2.60 bits per heavy atom. The van der Waals surface area contributed by atoms with Crippen LogP contribution in [0.1, 0.15) is 36.7 Å². The zero-order valence-electron chi connectivity index (χ0n) is 19.3. The van der Waals surface area contributed by atoms with Gasteiger partial charge in [-0.15, -0.1) is 10.2 Å². The molecular formula is C24H24N8O2S. The van der Waals surface area contributed by atoms with E-state index in [-0.39, 0.29) is 23.8 Å². The van der Waals surface area contributed by atoms with Gasteiger partial charge in [-0.25, -0.2) is 9.36 Å². The van der Waals surface area contributed by atoms with Gasteiger partial charge in [0.2, 0.25) is 11.1 Å². The summed E-state index contributed by atoms with van der Waals surface area (Å²) in [6, 6.07) is 19.1. The van der Waals surface area contributed by atoms with E-state index in [4.69, 9.17) is 10.6 Å². The summed E-state index contributed by atoms with van der Waals surface area (Å²) in [5.41, 5.74) is 2.21. The van der Waals surface area contributed by atoms with Crippen LogP contribution in [0, 0.1) is 11.3 Å². The lowest BCUT2D eigenvalue weighted by molar-refractivity contribution is -0.113. The molecule has 0 bridgehead atoms. The number of aromatic nitrogens is 5. The number of carbonyl (C=O) groups is 1. The van der Waals surface area contributed by atoms with Gasteiger partial charge in [-0.1, -0.05) is 55.9 Å². The lowest BCUT2D eigenvalue weighted by atomic mass is 10.0. The van der Waals surface area contributed by atoms with Gasteiger partial charge < -0.3 is 15.9 Å². The van der Waals surface area contributed by atoms with Crippen LogP contribution in [0.4, 0.5) is 5.82 Å². The molecule has 35 heavy (non-hydrogen) atoms. The minimum atomic E-state index is -0.338. The Hall–Kier alpha value is -4.30. The maximum absolute atomic E-state index is 12.6. The van der Waals surface area contributed by atoms with Gasteiger partial charge in [0.1, 0.15) is 24.0 Å². The largest absolute Gasteiger partial charge is 0.486 e. The molecule has 0 aliphatic rings. The van der Waals surface area contributed by atoms with Gasteiger partial charge >= 0.3 is 0 Å². The summed E-state index contributed by atoms with van der Waals surface area (Å²) in [4.78, 5) is 12.6. The van der Waals surface area contributed by atoms with E-state index in [0.717, 1.165) is 17.4 Å². The third kappa shape index (κ3) is 5.62. The van der Waals surface area contributed by atoms with Crippen molar-refractivity contribution in [3.63, 3.8) is 0 Å². The van der Waals surface area contributed by atoms with Crippen LogP contribution in [0.2, 0.25) is 0 Å². The van der Waals surface area contributed by atoms with Crippen molar-refractivity contribution in [1.82, 2.24) is 24.7 Å². The number of para-hydroxylation sites is 1. The van der Waals surface area contributed by atoms with Gasteiger partial charge in [0.05, 0.1) is 17.6 Å². The number of nitriles is 1. The molecule has 10 nitrogen and oxygen atoms in total. The highest BCUT2D eigenvalue weighted by molar-refractivity contribution is 7.99. The number of ether oxygens (including phenoxy) is 1. The number of anilines is 1. The topological polar surface area (TPSA) is 137 Å². The zero-order valence-corrected chi connectivity index (χ0v) is 20.1. The van der Waals surface area contributed by atoms with Crippen molar-refractivity contribution in [2.24, 2.45) is 0 Å². The summed E-state index contributed by atoms with van der Waals surface area (Å²) >= 11 is 1.12. The summed E-state index contributed by atoms with van der Waals surface area (Å²) in [6.07, 6.45) is 1.41. The first kappa shape index (κ1) is 23.8. The van der Waals surface area contributed by atoms with E-state index in [1.807, 2.05) is 60.7 Å². The Kier molecular flexibility index (Phi) is 7.32. The fourth-order valence-corrected chi connectivity index (χ4v) is 3.89. The smallest absolute Gasteiger partial charge is 0.236 e. The highest BCUT2D eigenvalue weighted by Gasteiger charge is 2.17. The van der Waals surface area contributed by atoms with Crippen LogP contribution in [-0.2, 0) is 11.4 Å². The average Bonchev–Trinajstić information content (AvgIpc) is 3.44. The average molecular weight is 489 g/mol. The van der Waals surface area contributed by atoms with Crippen molar-refractivity contribution in [3.8, 4) is 17.5 Å². The number of rotatable bonds is 9. The van der Waals surface area contributed by atoms with Crippen LogP contribution >= 0.6 is 11.8 Å². The molecule has 0 saturated carbocycles. The summed E-state index contributed by atoms with van der Waals surface area (Å²) in [5.74, 6) is 7.65. The number of hydrogen-bond donors (Lipinski definition) is 2. The SMILES string of the molecule is CC(C)c1ccc(OCc2nnc(SCC(=O)Nc3c(C#N)cnn3-c3ccccc3)n2N)cc1. The predicted molar refractivity (Wildman–Crippen MR) is 133 cm³/mol. The maximum atomic E-state index is 12.6. The van der Waals surface area contributed by atoms with E-state index in [1.165, 1.54) is 21.1 Å². The van der Waals surface area contributed by atoms with Crippen molar-refractivity contribution >= 4 is 23.5 Å². The number of nitrogens with two attached hydrogens (primary N) is 1. The Morgan fingerprint density at radius 2 is 1.91 bits per heavy atom. The molecule has 0 spiro atoms. The minimum absolute atomic E-state index is 0.0116. The minimum Gasteiger partial charge on any atom is -0.486 e. The van der Waals surface area contributed by atoms with Gasteiger partial charge in [-0.05, 0) is 35.7 Å². The molecular weight excluding hydrogens is 464 g/mol. The molecule has 0 atom stereocenters.